The number of aryl methyl sites for hydroxylation is 1. The van der Waals surface area contributed by atoms with Gasteiger partial charge in [0.25, 0.3) is 10.0 Å². The first-order valence-electron chi connectivity index (χ1n) is 8.47. The van der Waals surface area contributed by atoms with Crippen LogP contribution in [0.3, 0.4) is 0 Å². The minimum Gasteiger partial charge on any atom is -0.379 e. The molecule has 9 heteroatoms. The van der Waals surface area contributed by atoms with Gasteiger partial charge >= 0.3 is 10.1 Å². The van der Waals surface area contributed by atoms with Gasteiger partial charge in [-0.3, -0.25) is 0 Å². The minimum atomic E-state index is -3.98. The van der Waals surface area contributed by atoms with Gasteiger partial charge < -0.3 is 4.18 Å². The van der Waals surface area contributed by atoms with Crippen molar-refractivity contribution in [3.63, 3.8) is 0 Å². The summed E-state index contributed by atoms with van der Waals surface area (Å²) >= 11 is 0. The number of hydrogen-bond donors (Lipinski definition) is 1. The number of benzene rings is 3. The van der Waals surface area contributed by atoms with E-state index in [2.05, 4.69) is 9.93 Å². The van der Waals surface area contributed by atoms with Gasteiger partial charge in [0, 0.05) is 0 Å². The molecule has 3 aromatic rings. The molecule has 150 valence electrons. The van der Waals surface area contributed by atoms with Crippen molar-refractivity contribution in [3.05, 3.63) is 90.0 Å². The van der Waals surface area contributed by atoms with Crippen LogP contribution in [0, 0.1) is 6.92 Å². The topological polar surface area (TPSA) is 102 Å². The molecule has 0 bridgehead atoms. The summed E-state index contributed by atoms with van der Waals surface area (Å²) in [7, 11) is -7.77. The molecule has 3 aromatic carbocycles. The van der Waals surface area contributed by atoms with Gasteiger partial charge in [0.2, 0.25) is 0 Å². The maximum Gasteiger partial charge on any atom is 0.339 e. The summed E-state index contributed by atoms with van der Waals surface area (Å²) in [4.78, 5) is 2.23. The Hall–Kier alpha value is -3.17. The van der Waals surface area contributed by atoms with Crippen LogP contribution in [0.25, 0.3) is 0 Å². The monoisotopic (exact) mass is 430 g/mol. The van der Waals surface area contributed by atoms with Gasteiger partial charge in [-0.25, -0.2) is 4.83 Å². The maximum atomic E-state index is 12.4. The Morgan fingerprint density at radius 2 is 1.52 bits per heavy atom. The van der Waals surface area contributed by atoms with E-state index in [1.165, 1.54) is 42.6 Å². The smallest absolute Gasteiger partial charge is 0.339 e. The summed E-state index contributed by atoms with van der Waals surface area (Å²) in [5, 5.41) is 3.73. The van der Waals surface area contributed by atoms with Crippen LogP contribution in [0.1, 0.15) is 11.1 Å². The van der Waals surface area contributed by atoms with Crippen molar-refractivity contribution >= 4 is 26.4 Å². The predicted octanol–water partition coefficient (Wildman–Crippen LogP) is 3.08. The lowest BCUT2D eigenvalue weighted by molar-refractivity contribution is 0.486. The van der Waals surface area contributed by atoms with E-state index < -0.39 is 20.1 Å². The van der Waals surface area contributed by atoms with Crippen LogP contribution in [0.15, 0.2) is 93.8 Å². The fourth-order valence-corrected chi connectivity index (χ4v) is 4.08. The molecule has 0 aliphatic carbocycles. The number of nitrogens with zero attached hydrogens (tertiary/aromatic N) is 1. The Morgan fingerprint density at radius 1 is 0.828 bits per heavy atom. The van der Waals surface area contributed by atoms with Crippen LogP contribution < -0.4 is 9.01 Å². The molecule has 0 fully saturated rings. The van der Waals surface area contributed by atoms with Crippen LogP contribution >= 0.6 is 0 Å². The van der Waals surface area contributed by atoms with E-state index in [0.717, 1.165) is 5.56 Å². The third kappa shape index (κ3) is 5.43. The van der Waals surface area contributed by atoms with E-state index in [1.54, 1.807) is 42.5 Å². The van der Waals surface area contributed by atoms with Crippen molar-refractivity contribution in [1.82, 2.24) is 4.83 Å². The summed E-state index contributed by atoms with van der Waals surface area (Å²) < 4.78 is 54.2. The second-order valence-corrected chi connectivity index (χ2v) is 9.30. The molecule has 7 nitrogen and oxygen atoms in total. The van der Waals surface area contributed by atoms with Gasteiger partial charge in [-0.1, -0.05) is 48.0 Å². The molecule has 0 atom stereocenters. The first-order valence-corrected chi connectivity index (χ1v) is 11.4. The summed E-state index contributed by atoms with van der Waals surface area (Å²) in [5.74, 6) is 0.0837. The van der Waals surface area contributed by atoms with E-state index >= 15 is 0 Å². The van der Waals surface area contributed by atoms with Crippen molar-refractivity contribution in [2.45, 2.75) is 16.7 Å². The molecule has 3 rings (SSSR count). The van der Waals surface area contributed by atoms with Crippen LogP contribution in [0.4, 0.5) is 0 Å². The highest BCUT2D eigenvalue weighted by Gasteiger charge is 2.16. The predicted molar refractivity (Wildman–Crippen MR) is 110 cm³/mol. The van der Waals surface area contributed by atoms with E-state index in [4.69, 9.17) is 4.18 Å². The van der Waals surface area contributed by atoms with Gasteiger partial charge in [0.05, 0.1) is 11.1 Å². The van der Waals surface area contributed by atoms with Crippen molar-refractivity contribution in [1.29, 1.82) is 0 Å². The molecule has 0 radical (unpaired) electrons. The normalized spacial score (nSPS) is 12.0. The first kappa shape index (κ1) is 20.6. The third-order valence-electron chi connectivity index (χ3n) is 3.81. The van der Waals surface area contributed by atoms with Crippen LogP contribution in [0.2, 0.25) is 0 Å². The van der Waals surface area contributed by atoms with Crippen LogP contribution in [-0.2, 0) is 20.1 Å². The van der Waals surface area contributed by atoms with Gasteiger partial charge in [-0.15, -0.1) is 0 Å². The van der Waals surface area contributed by atoms with Gasteiger partial charge in [-0.2, -0.15) is 21.9 Å². The molecule has 0 unspecified atom stereocenters. The van der Waals surface area contributed by atoms with Gasteiger partial charge in [-0.05, 0) is 48.9 Å². The molecule has 0 amide bonds. The summed E-state index contributed by atoms with van der Waals surface area (Å²) in [6, 6.07) is 20.2. The minimum absolute atomic E-state index is 0.0396. The zero-order chi connectivity index (χ0) is 20.9. The quantitative estimate of drug-likeness (QED) is 0.353. The van der Waals surface area contributed by atoms with Gasteiger partial charge in [0.1, 0.15) is 10.6 Å². The highest BCUT2D eigenvalue weighted by molar-refractivity contribution is 7.89. The lowest BCUT2D eigenvalue weighted by Crippen LogP contribution is -2.18. The third-order valence-corrected chi connectivity index (χ3v) is 6.31. The molecule has 0 aliphatic heterocycles. The fraction of sp³-hybridized carbons (Fsp3) is 0.0500. The highest BCUT2D eigenvalue weighted by atomic mass is 32.2. The lowest BCUT2D eigenvalue weighted by atomic mass is 10.2. The Balaban J connectivity index is 1.73. The van der Waals surface area contributed by atoms with Crippen LogP contribution in [0.5, 0.6) is 5.75 Å². The molecule has 0 saturated carbocycles. The fourth-order valence-electron chi connectivity index (χ4n) is 2.35. The average Bonchev–Trinajstić information content (AvgIpc) is 2.69. The van der Waals surface area contributed by atoms with E-state index in [1.807, 2.05) is 6.92 Å². The molecule has 0 aliphatic rings. The number of rotatable bonds is 7. The molecule has 0 aromatic heterocycles. The lowest BCUT2D eigenvalue weighted by Gasteiger charge is -2.08. The molecule has 0 spiro atoms. The molecule has 0 heterocycles. The van der Waals surface area contributed by atoms with E-state index in [0.29, 0.717) is 5.56 Å². The zero-order valence-electron chi connectivity index (χ0n) is 15.4. The van der Waals surface area contributed by atoms with E-state index in [9.17, 15) is 16.8 Å². The number of hydrogen-bond acceptors (Lipinski definition) is 6. The van der Waals surface area contributed by atoms with Crippen molar-refractivity contribution < 1.29 is 21.0 Å². The molecule has 29 heavy (non-hydrogen) atoms. The van der Waals surface area contributed by atoms with Gasteiger partial charge in [0.15, 0.2) is 0 Å². The van der Waals surface area contributed by atoms with Crippen molar-refractivity contribution in [2.75, 3.05) is 0 Å². The standard InChI is InChI=1S/C20H18N2O5S2/c1-16-10-12-20(13-11-16)29(25,26)27-18-7-5-6-17(14-18)15-21-22-28(23,24)19-8-3-2-4-9-19/h2-15,22H,1H3/b21-15-. The van der Waals surface area contributed by atoms with Crippen LogP contribution in [-0.4, -0.2) is 23.1 Å². The second kappa shape index (κ2) is 8.46. The number of nitrogens with one attached hydrogen (secondary N) is 1. The molecular weight excluding hydrogens is 412 g/mol. The largest absolute Gasteiger partial charge is 0.379 e. The summed E-state index contributed by atoms with van der Waals surface area (Å²) in [6.45, 7) is 1.85. The Labute approximate surface area is 169 Å². The first-order chi connectivity index (χ1) is 13.8. The Bertz CT molecular complexity index is 1220. The zero-order valence-corrected chi connectivity index (χ0v) is 17.0. The summed E-state index contributed by atoms with van der Waals surface area (Å²) in [5.41, 5.74) is 1.39. The maximum absolute atomic E-state index is 12.4. The van der Waals surface area contributed by atoms with Crippen molar-refractivity contribution in [2.24, 2.45) is 5.10 Å². The van der Waals surface area contributed by atoms with E-state index in [-0.39, 0.29) is 15.5 Å². The second-order valence-electron chi connectivity index (χ2n) is 6.09. The average molecular weight is 431 g/mol. The highest BCUT2D eigenvalue weighted by Crippen LogP contribution is 2.19. The summed E-state index contributed by atoms with van der Waals surface area (Å²) in [6.07, 6.45) is 1.26. The van der Waals surface area contributed by atoms with Crippen molar-refractivity contribution in [3.8, 4) is 5.75 Å². The Morgan fingerprint density at radius 3 is 2.21 bits per heavy atom. The number of sulfonamides is 1. The molecule has 0 saturated heterocycles. The number of hydrazone groups is 1. The SMILES string of the molecule is Cc1ccc(S(=O)(=O)Oc2cccc(/C=N\NS(=O)(=O)c3ccccc3)c2)cc1. The Kier molecular flexibility index (Phi) is 6.00. The molecular formula is C20H18N2O5S2. The molecule has 1 N–H and O–H groups in total.